The van der Waals surface area contributed by atoms with Gasteiger partial charge in [-0.2, -0.15) is 8.42 Å². The molecule has 20 nitrogen and oxygen atoms in total. The average molecular weight is 765 g/mol. The molecule has 290 valence electrons. The highest BCUT2D eigenvalue weighted by molar-refractivity contribution is 7.85. The maximum Gasteiger partial charge on any atom is 0.303 e. The SMILES string of the molecule is COc1ccc(O[C@@H]2O[C@H](CS(=O)(=O)O)[C@@H](O[C@@H]3O[C@H](COC(C)=O)[C@@H](OC(C)=O)[C@H](OC(C)=O)[C@H]3OC(C)=O)[C@H](OC(C)=O)[C@H]2OC(C)=O)cc1. The van der Waals surface area contributed by atoms with Crippen molar-refractivity contribution >= 4 is 45.9 Å². The summed E-state index contributed by atoms with van der Waals surface area (Å²) in [5, 5.41) is 0. The zero-order chi connectivity index (χ0) is 38.9. The van der Waals surface area contributed by atoms with Gasteiger partial charge in [-0.05, 0) is 24.3 Å². The Bertz CT molecular complexity index is 1560. The molecule has 52 heavy (non-hydrogen) atoms. The Morgan fingerprint density at radius 1 is 0.596 bits per heavy atom. The molecule has 1 aromatic rings. The minimum Gasteiger partial charge on any atom is -0.497 e. The second kappa shape index (κ2) is 18.3. The van der Waals surface area contributed by atoms with Gasteiger partial charge in [0.15, 0.2) is 30.7 Å². The number of benzene rings is 1. The predicted octanol–water partition coefficient (Wildman–Crippen LogP) is 0.0184. The first-order chi connectivity index (χ1) is 24.3. The smallest absolute Gasteiger partial charge is 0.303 e. The molecule has 0 aliphatic carbocycles. The van der Waals surface area contributed by atoms with Gasteiger partial charge < -0.3 is 52.1 Å². The lowest BCUT2D eigenvalue weighted by atomic mass is 9.96. The molecule has 0 spiro atoms. The second-order valence-corrected chi connectivity index (χ2v) is 12.9. The summed E-state index contributed by atoms with van der Waals surface area (Å²) in [7, 11) is -3.52. The molecule has 0 bridgehead atoms. The highest BCUT2D eigenvalue weighted by Gasteiger charge is 2.58. The standard InChI is InChI=1S/C31H40O20S/c1-14(32)42-12-22-24(43-15(2)33)26(44-16(3)34)29(47-19(6)37)31(49-22)51-25-23(13-52(38,39)40)50-30(48-21-10-8-20(41-7)9-11-21)28(46-18(5)36)27(25)45-17(4)35/h8-11,22-31H,12-13H2,1-7H3,(H,38,39,40)/t22-,23-,24-,25-,26+,27+,28-,29-,30-,31+/m1/s1. The molecule has 2 aliphatic rings. The second-order valence-electron chi connectivity index (χ2n) is 11.4. The van der Waals surface area contributed by atoms with Crippen LogP contribution in [0, 0.1) is 0 Å². The van der Waals surface area contributed by atoms with Crippen LogP contribution in [-0.4, -0.2) is 130 Å². The van der Waals surface area contributed by atoms with Crippen LogP contribution in [-0.2, 0) is 81.5 Å². The highest BCUT2D eigenvalue weighted by atomic mass is 32.2. The van der Waals surface area contributed by atoms with Gasteiger partial charge in [-0.3, -0.25) is 33.3 Å². The molecule has 2 heterocycles. The van der Waals surface area contributed by atoms with E-state index in [4.69, 9.17) is 52.1 Å². The minimum atomic E-state index is -4.94. The summed E-state index contributed by atoms with van der Waals surface area (Å²) in [6.07, 6.45) is -17.5. The Morgan fingerprint density at radius 3 is 1.48 bits per heavy atom. The van der Waals surface area contributed by atoms with Gasteiger partial charge in [-0.15, -0.1) is 0 Å². The van der Waals surface area contributed by atoms with E-state index in [1.807, 2.05) is 0 Å². The Balaban J connectivity index is 2.19. The average Bonchev–Trinajstić information content (AvgIpc) is 3.01. The van der Waals surface area contributed by atoms with E-state index >= 15 is 0 Å². The topological polar surface area (TPSA) is 258 Å². The Kier molecular flexibility index (Phi) is 14.7. The monoisotopic (exact) mass is 764 g/mol. The fraction of sp³-hybridized carbons (Fsp3) is 0.613. The van der Waals surface area contributed by atoms with Gasteiger partial charge in [0.25, 0.3) is 10.1 Å². The van der Waals surface area contributed by atoms with Crippen LogP contribution in [0.5, 0.6) is 11.5 Å². The van der Waals surface area contributed by atoms with E-state index in [9.17, 15) is 41.7 Å². The molecule has 3 rings (SSSR count). The van der Waals surface area contributed by atoms with E-state index in [0.717, 1.165) is 41.5 Å². The van der Waals surface area contributed by atoms with Crippen molar-refractivity contribution in [3.8, 4) is 11.5 Å². The Labute approximate surface area is 297 Å². The summed E-state index contributed by atoms with van der Waals surface area (Å²) in [6, 6.07) is 5.89. The number of carbonyl (C=O) groups is 6. The molecular formula is C31H40O20S. The molecule has 21 heteroatoms. The first-order valence-electron chi connectivity index (χ1n) is 15.5. The molecule has 0 amide bonds. The lowest BCUT2D eigenvalue weighted by Crippen LogP contribution is -2.67. The van der Waals surface area contributed by atoms with Gasteiger partial charge in [0.05, 0.1) is 7.11 Å². The van der Waals surface area contributed by atoms with Crippen molar-refractivity contribution in [3.63, 3.8) is 0 Å². The molecular weight excluding hydrogens is 724 g/mol. The van der Waals surface area contributed by atoms with Crippen LogP contribution in [0.3, 0.4) is 0 Å². The van der Waals surface area contributed by atoms with Crippen LogP contribution in [0.1, 0.15) is 41.5 Å². The van der Waals surface area contributed by atoms with Gasteiger partial charge in [-0.1, -0.05) is 0 Å². The van der Waals surface area contributed by atoms with E-state index in [1.54, 1.807) is 0 Å². The molecule has 10 atom stereocenters. The summed E-state index contributed by atoms with van der Waals surface area (Å²) in [4.78, 5) is 73.4. The molecule has 1 aromatic carbocycles. The zero-order valence-electron chi connectivity index (χ0n) is 29.1. The number of hydrogen-bond acceptors (Lipinski definition) is 19. The van der Waals surface area contributed by atoms with E-state index < -0.39 is 120 Å². The van der Waals surface area contributed by atoms with Crippen molar-refractivity contribution in [1.29, 1.82) is 0 Å². The van der Waals surface area contributed by atoms with Gasteiger partial charge >= 0.3 is 35.8 Å². The molecule has 2 aliphatic heterocycles. The van der Waals surface area contributed by atoms with Crippen LogP contribution >= 0.6 is 0 Å². The molecule has 1 N–H and O–H groups in total. The van der Waals surface area contributed by atoms with Crippen molar-refractivity contribution in [2.75, 3.05) is 19.5 Å². The lowest BCUT2D eigenvalue weighted by molar-refractivity contribution is -0.351. The van der Waals surface area contributed by atoms with E-state index in [2.05, 4.69) is 0 Å². The summed E-state index contributed by atoms with van der Waals surface area (Å²) in [5.41, 5.74) is 0. The number of methoxy groups -OCH3 is 1. The molecule has 2 saturated heterocycles. The largest absolute Gasteiger partial charge is 0.497 e. The molecule has 0 aromatic heterocycles. The van der Waals surface area contributed by atoms with Crippen molar-refractivity contribution < 1.29 is 93.8 Å². The number of rotatable bonds is 14. The van der Waals surface area contributed by atoms with E-state index in [1.165, 1.54) is 31.4 Å². The van der Waals surface area contributed by atoms with E-state index in [-0.39, 0.29) is 5.75 Å². The van der Waals surface area contributed by atoms with Crippen LogP contribution in [0.4, 0.5) is 0 Å². The number of esters is 6. The fourth-order valence-electron chi connectivity index (χ4n) is 5.36. The summed E-state index contributed by atoms with van der Waals surface area (Å²) >= 11 is 0. The summed E-state index contributed by atoms with van der Waals surface area (Å²) < 4.78 is 95.8. The lowest BCUT2D eigenvalue weighted by Gasteiger charge is -2.48. The van der Waals surface area contributed by atoms with Gasteiger partial charge in [0.2, 0.25) is 12.4 Å². The molecule has 0 radical (unpaired) electrons. The third kappa shape index (κ3) is 12.3. The van der Waals surface area contributed by atoms with Crippen LogP contribution in [0.25, 0.3) is 0 Å². The van der Waals surface area contributed by atoms with Gasteiger partial charge in [0.1, 0.15) is 42.2 Å². The quantitative estimate of drug-likeness (QED) is 0.149. The third-order valence-corrected chi connectivity index (χ3v) is 7.87. The number of ether oxygens (including phenoxy) is 11. The number of hydrogen-bond donors (Lipinski definition) is 1. The predicted molar refractivity (Wildman–Crippen MR) is 167 cm³/mol. The maximum absolute atomic E-state index is 12.5. The maximum atomic E-state index is 12.5. The van der Waals surface area contributed by atoms with Crippen molar-refractivity contribution in [2.24, 2.45) is 0 Å². The Hall–Kier alpha value is -4.57. The Morgan fingerprint density at radius 2 is 1.02 bits per heavy atom. The van der Waals surface area contributed by atoms with Crippen molar-refractivity contribution in [1.82, 2.24) is 0 Å². The van der Waals surface area contributed by atoms with Crippen LogP contribution < -0.4 is 9.47 Å². The summed E-state index contributed by atoms with van der Waals surface area (Å²) in [6.45, 7) is 5.37. The highest BCUT2D eigenvalue weighted by Crippen LogP contribution is 2.36. The fourth-order valence-corrected chi connectivity index (χ4v) is 6.05. The molecule has 0 unspecified atom stereocenters. The third-order valence-electron chi connectivity index (χ3n) is 7.12. The minimum absolute atomic E-state index is 0.0917. The van der Waals surface area contributed by atoms with Crippen LogP contribution in [0.15, 0.2) is 24.3 Å². The molecule has 0 saturated carbocycles. The molecule has 2 fully saturated rings. The van der Waals surface area contributed by atoms with Gasteiger partial charge in [-0.25, -0.2) is 0 Å². The van der Waals surface area contributed by atoms with Crippen molar-refractivity contribution in [2.45, 2.75) is 103 Å². The normalized spacial score (nSPS) is 28.7. The zero-order valence-corrected chi connectivity index (χ0v) is 29.9. The first kappa shape index (κ1) is 41.8. The van der Waals surface area contributed by atoms with Gasteiger partial charge in [0, 0.05) is 41.5 Å². The first-order valence-corrected chi connectivity index (χ1v) is 17.1. The number of carbonyl (C=O) groups excluding carboxylic acids is 6. The summed E-state index contributed by atoms with van der Waals surface area (Å²) in [5.74, 6) is -6.29. The van der Waals surface area contributed by atoms with Crippen molar-refractivity contribution in [3.05, 3.63) is 24.3 Å². The van der Waals surface area contributed by atoms with E-state index in [0.29, 0.717) is 5.75 Å². The van der Waals surface area contributed by atoms with Crippen LogP contribution in [0.2, 0.25) is 0 Å².